The van der Waals surface area contributed by atoms with Gasteiger partial charge in [0.15, 0.2) is 5.69 Å². The number of carbonyl (C=O) groups is 1. The van der Waals surface area contributed by atoms with E-state index in [-0.39, 0.29) is 12.1 Å². The lowest BCUT2D eigenvalue weighted by Gasteiger charge is -2.23. The molecular formula is C12H19N3O3. The Kier molecular flexibility index (Phi) is 3.98. The van der Waals surface area contributed by atoms with Crippen molar-refractivity contribution in [3.05, 3.63) is 17.5 Å². The number of hydroxylamine groups is 2. The molecule has 0 aromatic carbocycles. The van der Waals surface area contributed by atoms with Crippen molar-refractivity contribution in [2.24, 2.45) is 0 Å². The normalized spacial score (nSPS) is 19.8. The van der Waals surface area contributed by atoms with Gasteiger partial charge in [-0.05, 0) is 32.3 Å². The van der Waals surface area contributed by atoms with Crippen LogP contribution < -0.4 is 0 Å². The number of hydrogen-bond donors (Lipinski definition) is 0. The average molecular weight is 253 g/mol. The van der Waals surface area contributed by atoms with E-state index < -0.39 is 0 Å². The molecule has 0 bridgehead atoms. The first kappa shape index (κ1) is 13.0. The fourth-order valence-corrected chi connectivity index (χ4v) is 2.04. The molecule has 100 valence electrons. The molecule has 0 radical (unpaired) electrons. The van der Waals surface area contributed by atoms with Crippen LogP contribution in [0.15, 0.2) is 6.07 Å². The van der Waals surface area contributed by atoms with E-state index in [1.165, 1.54) is 7.11 Å². The maximum absolute atomic E-state index is 11.9. The van der Waals surface area contributed by atoms with Crippen LogP contribution in [0.5, 0.6) is 0 Å². The number of aromatic nitrogens is 2. The summed E-state index contributed by atoms with van der Waals surface area (Å²) in [5.74, 6) is -0.254. The Labute approximate surface area is 106 Å². The van der Waals surface area contributed by atoms with E-state index in [4.69, 9.17) is 9.57 Å². The summed E-state index contributed by atoms with van der Waals surface area (Å²) in [6.45, 7) is 2.68. The van der Waals surface area contributed by atoms with Gasteiger partial charge in [0.2, 0.25) is 0 Å². The van der Waals surface area contributed by atoms with E-state index in [0.717, 1.165) is 36.6 Å². The van der Waals surface area contributed by atoms with Crippen molar-refractivity contribution in [3.63, 3.8) is 0 Å². The summed E-state index contributed by atoms with van der Waals surface area (Å²) in [6, 6.07) is 1.76. The lowest BCUT2D eigenvalue weighted by atomic mass is 10.2. The lowest BCUT2D eigenvalue weighted by Crippen LogP contribution is -2.26. The predicted molar refractivity (Wildman–Crippen MR) is 64.9 cm³/mol. The first-order chi connectivity index (χ1) is 8.63. The molecule has 1 fully saturated rings. The highest BCUT2D eigenvalue weighted by atomic mass is 16.7. The van der Waals surface area contributed by atoms with Gasteiger partial charge in [0.25, 0.3) is 5.91 Å². The van der Waals surface area contributed by atoms with Crippen molar-refractivity contribution in [1.29, 1.82) is 0 Å². The Morgan fingerprint density at radius 1 is 1.61 bits per heavy atom. The highest BCUT2D eigenvalue weighted by Crippen LogP contribution is 2.23. The Morgan fingerprint density at radius 3 is 3.00 bits per heavy atom. The standard InChI is InChI=1S/C12H19N3O3/c1-9-8-10(12(16)14(2)17-3)13-15(9)11-6-4-5-7-18-11/h8,11H,4-7H2,1-3H3. The molecule has 1 amide bonds. The monoisotopic (exact) mass is 253 g/mol. The molecule has 0 N–H and O–H groups in total. The van der Waals surface area contributed by atoms with Gasteiger partial charge in [-0.15, -0.1) is 0 Å². The topological polar surface area (TPSA) is 56.6 Å². The molecule has 1 unspecified atom stereocenters. The van der Waals surface area contributed by atoms with Gasteiger partial charge in [-0.3, -0.25) is 9.63 Å². The Hall–Kier alpha value is -1.40. The van der Waals surface area contributed by atoms with Gasteiger partial charge < -0.3 is 4.74 Å². The third-order valence-electron chi connectivity index (χ3n) is 3.13. The largest absolute Gasteiger partial charge is 0.357 e. The molecule has 0 aliphatic carbocycles. The van der Waals surface area contributed by atoms with Crippen LogP contribution in [0, 0.1) is 6.92 Å². The molecule has 1 saturated heterocycles. The molecule has 1 aliphatic rings. The molecule has 0 spiro atoms. The second-order valence-corrected chi connectivity index (χ2v) is 4.42. The molecule has 2 heterocycles. The van der Waals surface area contributed by atoms with Crippen molar-refractivity contribution in [2.75, 3.05) is 20.8 Å². The molecule has 2 rings (SSSR count). The third-order valence-corrected chi connectivity index (χ3v) is 3.13. The lowest BCUT2D eigenvalue weighted by molar-refractivity contribution is -0.0764. The van der Waals surface area contributed by atoms with Crippen molar-refractivity contribution in [1.82, 2.24) is 14.8 Å². The summed E-state index contributed by atoms with van der Waals surface area (Å²) in [6.07, 6.45) is 3.12. The van der Waals surface area contributed by atoms with Crippen LogP contribution in [0.1, 0.15) is 41.7 Å². The van der Waals surface area contributed by atoms with E-state index in [1.807, 2.05) is 6.92 Å². The summed E-state index contributed by atoms with van der Waals surface area (Å²) in [4.78, 5) is 16.8. The highest BCUT2D eigenvalue weighted by molar-refractivity contribution is 5.91. The summed E-state index contributed by atoms with van der Waals surface area (Å²) < 4.78 is 7.46. The highest BCUT2D eigenvalue weighted by Gasteiger charge is 2.22. The van der Waals surface area contributed by atoms with Crippen LogP contribution in [0.3, 0.4) is 0 Å². The minimum atomic E-state index is -0.254. The first-order valence-electron chi connectivity index (χ1n) is 6.13. The number of ether oxygens (including phenoxy) is 1. The van der Waals surface area contributed by atoms with Crippen LogP contribution in [0.4, 0.5) is 0 Å². The van der Waals surface area contributed by atoms with Crippen molar-refractivity contribution in [2.45, 2.75) is 32.4 Å². The fraction of sp³-hybridized carbons (Fsp3) is 0.667. The molecule has 1 aliphatic heterocycles. The summed E-state index contributed by atoms with van der Waals surface area (Å²) in [5.41, 5.74) is 1.31. The average Bonchev–Trinajstić information content (AvgIpc) is 2.80. The van der Waals surface area contributed by atoms with Gasteiger partial charge in [-0.25, -0.2) is 9.75 Å². The third kappa shape index (κ3) is 2.54. The van der Waals surface area contributed by atoms with E-state index in [2.05, 4.69) is 5.10 Å². The van der Waals surface area contributed by atoms with Crippen LogP contribution in [0.2, 0.25) is 0 Å². The molecule has 18 heavy (non-hydrogen) atoms. The molecular weight excluding hydrogens is 234 g/mol. The molecule has 6 heteroatoms. The van der Waals surface area contributed by atoms with Gasteiger partial charge in [-0.1, -0.05) is 0 Å². The number of nitrogens with zero attached hydrogens (tertiary/aromatic N) is 3. The van der Waals surface area contributed by atoms with Crippen LogP contribution in [0.25, 0.3) is 0 Å². The molecule has 0 saturated carbocycles. The van der Waals surface area contributed by atoms with Gasteiger partial charge in [0.1, 0.15) is 6.23 Å². The number of hydrogen-bond acceptors (Lipinski definition) is 4. The van der Waals surface area contributed by atoms with Crippen molar-refractivity contribution >= 4 is 5.91 Å². The van der Waals surface area contributed by atoms with Crippen LogP contribution in [-0.4, -0.2) is 41.5 Å². The molecule has 1 aromatic rings. The van der Waals surface area contributed by atoms with Gasteiger partial charge in [0, 0.05) is 19.3 Å². The van der Waals surface area contributed by atoms with Gasteiger partial charge in [0.05, 0.1) is 7.11 Å². The van der Waals surface area contributed by atoms with E-state index in [9.17, 15) is 4.79 Å². The zero-order chi connectivity index (χ0) is 13.1. The predicted octanol–water partition coefficient (Wildman–Crippen LogP) is 1.52. The van der Waals surface area contributed by atoms with E-state index in [0.29, 0.717) is 5.69 Å². The maximum Gasteiger partial charge on any atom is 0.297 e. The van der Waals surface area contributed by atoms with Gasteiger partial charge >= 0.3 is 0 Å². The quantitative estimate of drug-likeness (QED) is 0.766. The Bertz CT molecular complexity index is 424. The molecule has 1 atom stereocenters. The fourth-order valence-electron chi connectivity index (χ4n) is 2.04. The van der Waals surface area contributed by atoms with Gasteiger partial charge in [-0.2, -0.15) is 5.10 Å². The second-order valence-electron chi connectivity index (χ2n) is 4.42. The summed E-state index contributed by atoms with van der Waals surface area (Å²) in [7, 11) is 3.01. The zero-order valence-electron chi connectivity index (χ0n) is 11.0. The SMILES string of the molecule is CON(C)C(=O)c1cc(C)n(C2CCCCO2)n1. The Balaban J connectivity index is 2.18. The first-order valence-corrected chi connectivity index (χ1v) is 6.13. The number of rotatable bonds is 3. The number of aryl methyl sites for hydroxylation is 1. The van der Waals surface area contributed by atoms with Crippen LogP contribution in [-0.2, 0) is 9.57 Å². The number of amides is 1. The minimum Gasteiger partial charge on any atom is -0.357 e. The summed E-state index contributed by atoms with van der Waals surface area (Å²) in [5, 5.41) is 5.48. The van der Waals surface area contributed by atoms with E-state index in [1.54, 1.807) is 17.8 Å². The van der Waals surface area contributed by atoms with E-state index >= 15 is 0 Å². The smallest absolute Gasteiger partial charge is 0.297 e. The van der Waals surface area contributed by atoms with Crippen LogP contribution >= 0.6 is 0 Å². The maximum atomic E-state index is 11.9. The molecule has 6 nitrogen and oxygen atoms in total. The Morgan fingerprint density at radius 2 is 2.39 bits per heavy atom. The number of carbonyl (C=O) groups excluding carboxylic acids is 1. The second kappa shape index (κ2) is 5.49. The molecule has 1 aromatic heterocycles. The minimum absolute atomic E-state index is 0.0480. The zero-order valence-corrected chi connectivity index (χ0v) is 11.0. The van der Waals surface area contributed by atoms with Crippen molar-refractivity contribution in [3.8, 4) is 0 Å². The summed E-state index contributed by atoms with van der Waals surface area (Å²) >= 11 is 0. The van der Waals surface area contributed by atoms with Crippen molar-refractivity contribution < 1.29 is 14.4 Å².